The van der Waals surface area contributed by atoms with Crippen molar-refractivity contribution in [2.45, 2.75) is 38.3 Å². The maximum absolute atomic E-state index is 6.41. The van der Waals surface area contributed by atoms with Crippen LogP contribution in [0.2, 0.25) is 5.02 Å². The molecule has 2 unspecified atom stereocenters. The predicted molar refractivity (Wildman–Crippen MR) is 87.7 cm³/mol. The van der Waals surface area contributed by atoms with Gasteiger partial charge in [0.25, 0.3) is 0 Å². The molecule has 0 bridgehead atoms. The van der Waals surface area contributed by atoms with Crippen LogP contribution >= 0.6 is 11.6 Å². The van der Waals surface area contributed by atoms with Crippen LogP contribution in [-0.2, 0) is 6.42 Å². The molecule has 0 aromatic heterocycles. The van der Waals surface area contributed by atoms with Gasteiger partial charge in [-0.3, -0.25) is 0 Å². The second-order valence-electron chi connectivity index (χ2n) is 6.17. The molecule has 4 heteroatoms. The molecular weight excluding hydrogens is 270 g/mol. The normalized spacial score (nSPS) is 20.7. The highest BCUT2D eigenvalue weighted by atomic mass is 35.5. The van der Waals surface area contributed by atoms with Gasteiger partial charge in [0.05, 0.1) is 0 Å². The van der Waals surface area contributed by atoms with Crippen molar-refractivity contribution in [3.63, 3.8) is 0 Å². The molecule has 1 aromatic carbocycles. The minimum atomic E-state index is 0.128. The van der Waals surface area contributed by atoms with Crippen LogP contribution in [0.1, 0.15) is 25.3 Å². The Morgan fingerprint density at radius 2 is 2.20 bits per heavy atom. The van der Waals surface area contributed by atoms with E-state index < -0.39 is 0 Å². The minimum Gasteiger partial charge on any atom is -0.367 e. The Bertz CT molecular complexity index is 445. The molecule has 112 valence electrons. The summed E-state index contributed by atoms with van der Waals surface area (Å²) in [4.78, 5) is 4.78. The topological polar surface area (TPSA) is 32.5 Å². The third-order valence-corrected chi connectivity index (χ3v) is 4.24. The molecule has 2 N–H and O–H groups in total. The van der Waals surface area contributed by atoms with Crippen LogP contribution in [-0.4, -0.2) is 44.2 Å². The van der Waals surface area contributed by atoms with Crippen molar-refractivity contribution < 1.29 is 0 Å². The van der Waals surface area contributed by atoms with Crippen molar-refractivity contribution in [1.29, 1.82) is 0 Å². The number of hydrogen-bond donors (Lipinski definition) is 1. The number of halogens is 1. The van der Waals surface area contributed by atoms with Crippen LogP contribution in [0.4, 0.5) is 5.69 Å². The monoisotopic (exact) mass is 295 g/mol. The van der Waals surface area contributed by atoms with Crippen molar-refractivity contribution in [2.75, 3.05) is 32.1 Å². The minimum absolute atomic E-state index is 0.128. The molecule has 3 nitrogen and oxygen atoms in total. The fraction of sp³-hybridized carbons (Fsp3) is 0.625. The molecule has 1 aliphatic heterocycles. The van der Waals surface area contributed by atoms with Gasteiger partial charge in [-0.25, -0.2) is 0 Å². The molecule has 2 atom stereocenters. The maximum Gasteiger partial charge on any atom is 0.0459 e. The number of nitrogens with zero attached hydrogens (tertiary/aromatic N) is 2. The average molecular weight is 296 g/mol. The highest BCUT2D eigenvalue weighted by molar-refractivity contribution is 6.31. The molecule has 20 heavy (non-hydrogen) atoms. The molecule has 1 heterocycles. The smallest absolute Gasteiger partial charge is 0.0459 e. The first-order valence-electron chi connectivity index (χ1n) is 7.43. The number of benzene rings is 1. The average Bonchev–Trinajstić information content (AvgIpc) is 2.78. The van der Waals surface area contributed by atoms with Gasteiger partial charge >= 0.3 is 0 Å². The number of anilines is 1. The number of hydrogen-bond acceptors (Lipinski definition) is 3. The largest absolute Gasteiger partial charge is 0.367 e. The van der Waals surface area contributed by atoms with Crippen LogP contribution in [0.3, 0.4) is 0 Å². The quantitative estimate of drug-likeness (QED) is 0.906. The van der Waals surface area contributed by atoms with Crippen molar-refractivity contribution in [1.82, 2.24) is 4.90 Å². The van der Waals surface area contributed by atoms with Gasteiger partial charge in [0.15, 0.2) is 0 Å². The van der Waals surface area contributed by atoms with E-state index in [1.165, 1.54) is 24.1 Å². The first-order valence-corrected chi connectivity index (χ1v) is 7.81. The summed E-state index contributed by atoms with van der Waals surface area (Å²) < 4.78 is 0. The van der Waals surface area contributed by atoms with E-state index in [1.807, 2.05) is 19.1 Å². The van der Waals surface area contributed by atoms with Gasteiger partial charge in [0.2, 0.25) is 0 Å². The number of likely N-dealkylation sites (N-methyl/N-ethyl adjacent to an activating group) is 1. The van der Waals surface area contributed by atoms with Gasteiger partial charge in [0.1, 0.15) is 0 Å². The van der Waals surface area contributed by atoms with Gasteiger partial charge in [-0.1, -0.05) is 17.7 Å². The standard InChI is InChI=1S/C16H26ClN3/c1-12(18)10-14-15(17)7-4-8-16(14)20-9-5-6-13(20)11-19(2)3/h4,7-8,12-13H,5-6,9-11,18H2,1-3H3. The first-order chi connectivity index (χ1) is 9.49. The lowest BCUT2D eigenvalue weighted by molar-refractivity contribution is 0.372. The van der Waals surface area contributed by atoms with Crippen LogP contribution in [0.15, 0.2) is 18.2 Å². The molecule has 2 rings (SSSR count). The van der Waals surface area contributed by atoms with Gasteiger partial charge in [-0.2, -0.15) is 0 Å². The van der Waals surface area contributed by atoms with Gasteiger partial charge < -0.3 is 15.5 Å². The molecule has 1 aliphatic rings. The highest BCUT2D eigenvalue weighted by Gasteiger charge is 2.27. The lowest BCUT2D eigenvalue weighted by Crippen LogP contribution is -2.38. The van der Waals surface area contributed by atoms with Gasteiger partial charge in [-0.05, 0) is 58.0 Å². The molecule has 1 fully saturated rings. The van der Waals surface area contributed by atoms with E-state index in [0.29, 0.717) is 6.04 Å². The van der Waals surface area contributed by atoms with Crippen molar-refractivity contribution in [3.8, 4) is 0 Å². The molecule has 0 radical (unpaired) electrons. The third-order valence-electron chi connectivity index (χ3n) is 3.88. The van der Waals surface area contributed by atoms with E-state index in [0.717, 1.165) is 24.5 Å². The molecule has 0 aliphatic carbocycles. The highest BCUT2D eigenvalue weighted by Crippen LogP contribution is 2.33. The Balaban J connectivity index is 2.29. The molecule has 0 saturated carbocycles. The Morgan fingerprint density at radius 1 is 1.45 bits per heavy atom. The summed E-state index contributed by atoms with van der Waals surface area (Å²) in [6, 6.07) is 6.92. The summed E-state index contributed by atoms with van der Waals surface area (Å²) in [5, 5.41) is 0.843. The Labute approximate surface area is 127 Å². The molecule has 0 spiro atoms. The lowest BCUT2D eigenvalue weighted by atomic mass is 10.0. The zero-order valence-electron chi connectivity index (χ0n) is 12.8. The third kappa shape index (κ3) is 3.66. The second-order valence-corrected chi connectivity index (χ2v) is 6.58. The maximum atomic E-state index is 6.41. The van der Waals surface area contributed by atoms with Crippen LogP contribution in [0.25, 0.3) is 0 Å². The van der Waals surface area contributed by atoms with Crippen LogP contribution in [0.5, 0.6) is 0 Å². The van der Waals surface area contributed by atoms with Crippen molar-refractivity contribution in [2.24, 2.45) is 5.73 Å². The van der Waals surface area contributed by atoms with Crippen molar-refractivity contribution in [3.05, 3.63) is 28.8 Å². The Morgan fingerprint density at radius 3 is 2.85 bits per heavy atom. The van der Waals surface area contributed by atoms with E-state index in [4.69, 9.17) is 17.3 Å². The van der Waals surface area contributed by atoms with E-state index in [2.05, 4.69) is 30.0 Å². The first kappa shape index (κ1) is 15.6. The van der Waals surface area contributed by atoms with E-state index in [-0.39, 0.29) is 6.04 Å². The summed E-state index contributed by atoms with van der Waals surface area (Å²) in [7, 11) is 4.27. The SMILES string of the molecule is CC(N)Cc1c(Cl)cccc1N1CCCC1CN(C)C. The fourth-order valence-electron chi connectivity index (χ4n) is 3.10. The summed E-state index contributed by atoms with van der Waals surface area (Å²) in [6.45, 7) is 4.24. The summed E-state index contributed by atoms with van der Waals surface area (Å²) in [5.74, 6) is 0. The second kappa shape index (κ2) is 6.79. The summed E-state index contributed by atoms with van der Waals surface area (Å²) in [5.41, 5.74) is 8.47. The van der Waals surface area contributed by atoms with E-state index in [9.17, 15) is 0 Å². The van der Waals surface area contributed by atoms with Gasteiger partial charge in [0, 0.05) is 35.9 Å². The van der Waals surface area contributed by atoms with Gasteiger partial charge in [-0.15, -0.1) is 0 Å². The Kier molecular flexibility index (Phi) is 5.30. The van der Waals surface area contributed by atoms with Crippen LogP contribution < -0.4 is 10.6 Å². The van der Waals surface area contributed by atoms with E-state index >= 15 is 0 Å². The fourth-order valence-corrected chi connectivity index (χ4v) is 3.35. The lowest BCUT2D eigenvalue weighted by Gasteiger charge is -2.31. The molecule has 0 amide bonds. The predicted octanol–water partition coefficient (Wildman–Crippen LogP) is 2.76. The Hall–Kier alpha value is -0.770. The molecule has 1 saturated heterocycles. The number of rotatable bonds is 5. The zero-order chi connectivity index (χ0) is 14.7. The molecule has 1 aromatic rings. The number of nitrogens with two attached hydrogens (primary N) is 1. The summed E-state index contributed by atoms with van der Waals surface area (Å²) in [6.07, 6.45) is 3.34. The van der Waals surface area contributed by atoms with Crippen LogP contribution in [0, 0.1) is 0 Å². The molecular formula is C16H26ClN3. The van der Waals surface area contributed by atoms with E-state index in [1.54, 1.807) is 0 Å². The van der Waals surface area contributed by atoms with Crippen molar-refractivity contribution >= 4 is 17.3 Å². The zero-order valence-corrected chi connectivity index (χ0v) is 13.5. The summed E-state index contributed by atoms with van der Waals surface area (Å²) >= 11 is 6.41.